The fraction of sp³-hybridized carbons (Fsp3) is 0.0870. The van der Waals surface area contributed by atoms with Crippen LogP contribution in [0.4, 0.5) is 0 Å². The van der Waals surface area contributed by atoms with E-state index >= 15 is 0 Å². The van der Waals surface area contributed by atoms with Gasteiger partial charge in [0.25, 0.3) is 11.8 Å². The first-order valence-electron chi connectivity index (χ1n) is 8.87. The third kappa shape index (κ3) is 5.52. The summed E-state index contributed by atoms with van der Waals surface area (Å²) in [6.07, 6.45) is 2.83. The zero-order valence-corrected chi connectivity index (χ0v) is 15.8. The van der Waals surface area contributed by atoms with Crippen molar-refractivity contribution in [1.29, 1.82) is 0 Å². The van der Waals surface area contributed by atoms with Gasteiger partial charge >= 0.3 is 5.97 Å². The minimum atomic E-state index is -0.694. The highest BCUT2D eigenvalue weighted by Gasteiger charge is 2.11. The van der Waals surface area contributed by atoms with Crippen LogP contribution >= 0.6 is 0 Å². The van der Waals surface area contributed by atoms with Gasteiger partial charge in [-0.2, -0.15) is 0 Å². The standard InChI is InChI=1S/C23H19NO5/c1-28-20-11-10-18-13-16(7-9-19(18)14-20)8-12-22(26)29-15-21(25)24-23(27)17-5-3-2-4-6-17/h2-14H,15H2,1H3,(H,24,25,27)/b12-8+. The van der Waals surface area contributed by atoms with Gasteiger partial charge in [0, 0.05) is 11.6 Å². The lowest BCUT2D eigenvalue weighted by atomic mass is 10.1. The number of hydrogen-bond donors (Lipinski definition) is 1. The minimum Gasteiger partial charge on any atom is -0.497 e. The molecule has 6 nitrogen and oxygen atoms in total. The molecule has 6 heteroatoms. The molecule has 1 N–H and O–H groups in total. The van der Waals surface area contributed by atoms with Crippen LogP contribution in [-0.4, -0.2) is 31.5 Å². The lowest BCUT2D eigenvalue weighted by Crippen LogP contribution is -2.33. The third-order valence-electron chi connectivity index (χ3n) is 4.12. The van der Waals surface area contributed by atoms with E-state index in [2.05, 4.69) is 5.32 Å². The van der Waals surface area contributed by atoms with E-state index in [1.165, 1.54) is 6.08 Å². The molecule has 0 radical (unpaired) electrons. The number of fused-ring (bicyclic) bond motifs is 1. The second-order valence-corrected chi connectivity index (χ2v) is 6.16. The van der Waals surface area contributed by atoms with Gasteiger partial charge in [0.2, 0.25) is 0 Å². The molecule has 0 unspecified atom stereocenters. The maximum atomic E-state index is 11.9. The summed E-state index contributed by atoms with van der Waals surface area (Å²) in [7, 11) is 1.61. The molecule has 0 fully saturated rings. The molecule has 3 rings (SSSR count). The third-order valence-corrected chi connectivity index (χ3v) is 4.12. The van der Waals surface area contributed by atoms with Crippen LogP contribution in [0.15, 0.2) is 72.8 Å². The van der Waals surface area contributed by atoms with Gasteiger partial charge in [-0.1, -0.05) is 36.4 Å². The molecule has 0 aliphatic heterocycles. The second-order valence-electron chi connectivity index (χ2n) is 6.16. The first-order chi connectivity index (χ1) is 14.0. The van der Waals surface area contributed by atoms with Crippen LogP contribution in [0.25, 0.3) is 16.8 Å². The Balaban J connectivity index is 1.52. The Kier molecular flexibility index (Phi) is 6.37. The predicted molar refractivity (Wildman–Crippen MR) is 109 cm³/mol. The van der Waals surface area contributed by atoms with Gasteiger partial charge in [-0.3, -0.25) is 14.9 Å². The summed E-state index contributed by atoms with van der Waals surface area (Å²) in [6.45, 7) is -0.542. The summed E-state index contributed by atoms with van der Waals surface area (Å²) in [5, 5.41) is 4.18. The molecule has 0 atom stereocenters. The lowest BCUT2D eigenvalue weighted by molar-refractivity contribution is -0.143. The van der Waals surface area contributed by atoms with Gasteiger partial charge in [-0.05, 0) is 52.7 Å². The van der Waals surface area contributed by atoms with Gasteiger partial charge in [-0.15, -0.1) is 0 Å². The Morgan fingerprint density at radius 2 is 1.66 bits per heavy atom. The van der Waals surface area contributed by atoms with E-state index in [-0.39, 0.29) is 0 Å². The van der Waals surface area contributed by atoms with Crippen LogP contribution in [0, 0.1) is 0 Å². The zero-order valence-electron chi connectivity index (χ0n) is 15.8. The van der Waals surface area contributed by atoms with E-state index in [4.69, 9.17) is 9.47 Å². The maximum Gasteiger partial charge on any atom is 0.331 e. The molecular weight excluding hydrogens is 370 g/mol. The predicted octanol–water partition coefficient (Wildman–Crippen LogP) is 3.36. The number of amides is 2. The topological polar surface area (TPSA) is 81.7 Å². The molecule has 0 spiro atoms. The average molecular weight is 389 g/mol. The molecule has 2 amide bonds. The number of esters is 1. The first kappa shape index (κ1) is 19.8. The highest BCUT2D eigenvalue weighted by atomic mass is 16.5. The van der Waals surface area contributed by atoms with Crippen molar-refractivity contribution in [3.05, 3.63) is 83.9 Å². The van der Waals surface area contributed by atoms with E-state index in [0.717, 1.165) is 22.1 Å². The quantitative estimate of drug-likeness (QED) is 0.516. The normalized spacial score (nSPS) is 10.7. The monoisotopic (exact) mass is 389 g/mol. The number of rotatable bonds is 6. The minimum absolute atomic E-state index is 0.348. The summed E-state index contributed by atoms with van der Waals surface area (Å²) in [6, 6.07) is 19.7. The van der Waals surface area contributed by atoms with E-state index in [9.17, 15) is 14.4 Å². The second kappa shape index (κ2) is 9.32. The Morgan fingerprint density at radius 1 is 0.931 bits per heavy atom. The number of imide groups is 1. The molecule has 0 aliphatic rings. The largest absolute Gasteiger partial charge is 0.497 e. The number of carbonyl (C=O) groups is 3. The molecule has 3 aromatic carbocycles. The van der Waals surface area contributed by atoms with Gasteiger partial charge in [0.1, 0.15) is 5.75 Å². The molecular formula is C23H19NO5. The number of benzene rings is 3. The lowest BCUT2D eigenvalue weighted by Gasteiger charge is -2.05. The molecule has 146 valence electrons. The number of ether oxygens (including phenoxy) is 2. The van der Waals surface area contributed by atoms with Crippen molar-refractivity contribution >= 4 is 34.6 Å². The highest BCUT2D eigenvalue weighted by molar-refractivity contribution is 6.05. The molecule has 29 heavy (non-hydrogen) atoms. The van der Waals surface area contributed by atoms with Crippen molar-refractivity contribution in [1.82, 2.24) is 5.32 Å². The molecule has 3 aromatic rings. The number of nitrogens with one attached hydrogen (secondary N) is 1. The number of methoxy groups -OCH3 is 1. The van der Waals surface area contributed by atoms with Crippen molar-refractivity contribution in [3.63, 3.8) is 0 Å². The molecule has 0 saturated carbocycles. The summed E-state index contributed by atoms with van der Waals surface area (Å²) in [5.41, 5.74) is 1.16. The van der Waals surface area contributed by atoms with Crippen molar-refractivity contribution < 1.29 is 23.9 Å². The summed E-state index contributed by atoms with van der Waals surface area (Å²) in [4.78, 5) is 35.5. The van der Waals surface area contributed by atoms with E-state index < -0.39 is 24.4 Å². The van der Waals surface area contributed by atoms with Crippen LogP contribution < -0.4 is 10.1 Å². The molecule has 0 saturated heterocycles. The molecule has 0 bridgehead atoms. The molecule has 0 aromatic heterocycles. The Labute approximate surface area is 167 Å². The van der Waals surface area contributed by atoms with Crippen LogP contribution in [0.3, 0.4) is 0 Å². The SMILES string of the molecule is COc1ccc2cc(/C=C/C(=O)OCC(=O)NC(=O)c3ccccc3)ccc2c1. The van der Waals surface area contributed by atoms with Crippen molar-refractivity contribution in [2.24, 2.45) is 0 Å². The first-order valence-corrected chi connectivity index (χ1v) is 8.87. The average Bonchev–Trinajstić information content (AvgIpc) is 2.76. The highest BCUT2D eigenvalue weighted by Crippen LogP contribution is 2.22. The van der Waals surface area contributed by atoms with Crippen LogP contribution in [0.1, 0.15) is 15.9 Å². The Bertz CT molecular complexity index is 1070. The van der Waals surface area contributed by atoms with Crippen molar-refractivity contribution in [2.45, 2.75) is 0 Å². The van der Waals surface area contributed by atoms with Gasteiger partial charge < -0.3 is 9.47 Å². The Morgan fingerprint density at radius 3 is 2.41 bits per heavy atom. The van der Waals surface area contributed by atoms with E-state index in [1.54, 1.807) is 43.5 Å². The number of carbonyl (C=O) groups excluding carboxylic acids is 3. The molecule has 0 heterocycles. The fourth-order valence-corrected chi connectivity index (χ4v) is 2.65. The van der Waals surface area contributed by atoms with Gasteiger partial charge in [0.15, 0.2) is 6.61 Å². The fourth-order valence-electron chi connectivity index (χ4n) is 2.65. The Hall–Kier alpha value is -3.93. The van der Waals surface area contributed by atoms with Gasteiger partial charge in [-0.25, -0.2) is 4.79 Å². The van der Waals surface area contributed by atoms with Crippen LogP contribution in [-0.2, 0) is 14.3 Å². The van der Waals surface area contributed by atoms with E-state index in [1.807, 2.05) is 36.4 Å². The van der Waals surface area contributed by atoms with Crippen LogP contribution in [0.2, 0.25) is 0 Å². The smallest absolute Gasteiger partial charge is 0.331 e. The summed E-state index contributed by atoms with van der Waals surface area (Å²) < 4.78 is 10.1. The maximum absolute atomic E-state index is 11.9. The van der Waals surface area contributed by atoms with Gasteiger partial charge in [0.05, 0.1) is 7.11 Å². The van der Waals surface area contributed by atoms with Crippen LogP contribution in [0.5, 0.6) is 5.75 Å². The van der Waals surface area contributed by atoms with Crippen molar-refractivity contribution in [3.8, 4) is 5.75 Å². The zero-order chi connectivity index (χ0) is 20.6. The van der Waals surface area contributed by atoms with E-state index in [0.29, 0.717) is 5.56 Å². The summed E-state index contributed by atoms with van der Waals surface area (Å²) >= 11 is 0. The number of hydrogen-bond acceptors (Lipinski definition) is 5. The summed E-state index contributed by atoms with van der Waals surface area (Å²) in [5.74, 6) is -1.15. The molecule has 0 aliphatic carbocycles. The van der Waals surface area contributed by atoms with Crippen molar-refractivity contribution in [2.75, 3.05) is 13.7 Å².